The number of hydrogen-bond acceptors (Lipinski definition) is 4. The highest BCUT2D eigenvalue weighted by molar-refractivity contribution is 5.92. The maximum atomic E-state index is 14.3. The number of nitrogens with zero attached hydrogens (tertiary/aromatic N) is 5. The number of rotatable bonds is 4. The minimum absolute atomic E-state index is 0.137. The van der Waals surface area contributed by atoms with E-state index >= 15 is 0 Å². The van der Waals surface area contributed by atoms with E-state index in [9.17, 15) is 13.6 Å². The highest BCUT2D eigenvalue weighted by Gasteiger charge is 2.29. The minimum Gasteiger partial charge on any atom is -0.349 e. The van der Waals surface area contributed by atoms with Crippen LogP contribution in [0.15, 0.2) is 42.7 Å². The third kappa shape index (κ3) is 3.70. The predicted octanol–water partition coefficient (Wildman–Crippen LogP) is 3.45. The molecule has 1 aliphatic heterocycles. The van der Waals surface area contributed by atoms with Crippen molar-refractivity contribution in [2.45, 2.75) is 18.9 Å². The Balaban J connectivity index is 1.69. The standard InChI is InChI=1S/C21H21F2N5O/c1-26(2)20(29)8-5-14-13-24-28-11-9-19(25-21(14)28)27-10-3-4-18(27)16-12-15(22)6-7-17(16)23/h5-9,11-13,18H,3-4,10H2,1-2H3. The molecule has 1 aromatic carbocycles. The van der Waals surface area contributed by atoms with Crippen molar-refractivity contribution in [3.63, 3.8) is 0 Å². The number of halogens is 2. The fraction of sp³-hybridized carbons (Fsp3) is 0.286. The predicted molar refractivity (Wildman–Crippen MR) is 106 cm³/mol. The Labute approximate surface area is 167 Å². The first kappa shape index (κ1) is 19.0. The fourth-order valence-corrected chi connectivity index (χ4v) is 3.60. The first-order valence-corrected chi connectivity index (χ1v) is 9.39. The molecule has 0 saturated carbocycles. The van der Waals surface area contributed by atoms with Crippen LogP contribution in [-0.4, -0.2) is 46.0 Å². The second kappa shape index (κ2) is 7.62. The summed E-state index contributed by atoms with van der Waals surface area (Å²) in [7, 11) is 3.36. The van der Waals surface area contributed by atoms with Crippen LogP contribution in [0, 0.1) is 11.6 Å². The molecule has 1 aliphatic rings. The Kier molecular flexibility index (Phi) is 5.00. The van der Waals surface area contributed by atoms with Crippen molar-refractivity contribution >= 4 is 23.4 Å². The van der Waals surface area contributed by atoms with Crippen LogP contribution in [0.25, 0.3) is 11.7 Å². The summed E-state index contributed by atoms with van der Waals surface area (Å²) in [4.78, 5) is 20.0. The summed E-state index contributed by atoms with van der Waals surface area (Å²) in [5, 5.41) is 4.26. The van der Waals surface area contributed by atoms with Gasteiger partial charge in [-0.15, -0.1) is 0 Å². The number of hydrogen-bond donors (Lipinski definition) is 0. The summed E-state index contributed by atoms with van der Waals surface area (Å²) >= 11 is 0. The number of amides is 1. The van der Waals surface area contributed by atoms with E-state index in [2.05, 4.69) is 5.10 Å². The van der Waals surface area contributed by atoms with Gasteiger partial charge in [-0.3, -0.25) is 4.79 Å². The molecule has 2 aromatic heterocycles. The van der Waals surface area contributed by atoms with Crippen LogP contribution in [0.1, 0.15) is 30.0 Å². The van der Waals surface area contributed by atoms with E-state index in [1.165, 1.54) is 23.1 Å². The molecule has 6 nitrogen and oxygen atoms in total. The molecular weight excluding hydrogens is 376 g/mol. The van der Waals surface area contributed by atoms with Gasteiger partial charge in [0.1, 0.15) is 17.5 Å². The van der Waals surface area contributed by atoms with Gasteiger partial charge in [0.25, 0.3) is 0 Å². The number of likely N-dealkylation sites (N-methyl/N-ethyl adjacent to an activating group) is 1. The van der Waals surface area contributed by atoms with Crippen molar-refractivity contribution < 1.29 is 13.6 Å². The molecule has 1 atom stereocenters. The van der Waals surface area contributed by atoms with E-state index in [0.717, 1.165) is 18.9 Å². The van der Waals surface area contributed by atoms with Crippen LogP contribution in [0.3, 0.4) is 0 Å². The quantitative estimate of drug-likeness (QED) is 0.633. The molecule has 1 saturated heterocycles. The largest absolute Gasteiger partial charge is 0.349 e. The zero-order chi connectivity index (χ0) is 20.5. The van der Waals surface area contributed by atoms with E-state index in [1.54, 1.807) is 37.1 Å². The van der Waals surface area contributed by atoms with Gasteiger partial charge in [-0.05, 0) is 43.2 Å². The maximum Gasteiger partial charge on any atom is 0.246 e. The summed E-state index contributed by atoms with van der Waals surface area (Å²) in [5.41, 5.74) is 1.64. The van der Waals surface area contributed by atoms with Crippen LogP contribution in [0.5, 0.6) is 0 Å². The van der Waals surface area contributed by atoms with Crippen molar-refractivity contribution in [2.75, 3.05) is 25.5 Å². The zero-order valence-electron chi connectivity index (χ0n) is 16.2. The molecule has 3 heterocycles. The Morgan fingerprint density at radius 2 is 2.10 bits per heavy atom. The van der Waals surface area contributed by atoms with E-state index in [4.69, 9.17) is 4.98 Å². The number of fused-ring (bicyclic) bond motifs is 1. The molecule has 0 spiro atoms. The maximum absolute atomic E-state index is 14.3. The lowest BCUT2D eigenvalue weighted by atomic mass is 10.0. The van der Waals surface area contributed by atoms with Gasteiger partial charge in [0, 0.05) is 44.0 Å². The molecule has 0 bridgehead atoms. The van der Waals surface area contributed by atoms with Crippen molar-refractivity contribution in [1.82, 2.24) is 19.5 Å². The molecule has 0 aliphatic carbocycles. The lowest BCUT2D eigenvalue weighted by molar-refractivity contribution is -0.123. The molecule has 1 amide bonds. The lowest BCUT2D eigenvalue weighted by Crippen LogP contribution is -2.24. The molecule has 1 unspecified atom stereocenters. The molecule has 29 heavy (non-hydrogen) atoms. The van der Waals surface area contributed by atoms with Crippen LogP contribution in [-0.2, 0) is 4.79 Å². The number of carbonyl (C=O) groups is 1. The van der Waals surface area contributed by atoms with Gasteiger partial charge in [0.05, 0.1) is 12.2 Å². The van der Waals surface area contributed by atoms with Crippen molar-refractivity contribution in [3.05, 3.63) is 65.5 Å². The van der Waals surface area contributed by atoms with E-state index in [1.807, 2.05) is 11.0 Å². The summed E-state index contributed by atoms with van der Waals surface area (Å²) < 4.78 is 29.7. The fourth-order valence-electron chi connectivity index (χ4n) is 3.60. The Morgan fingerprint density at radius 3 is 2.90 bits per heavy atom. The molecule has 3 aromatic rings. The summed E-state index contributed by atoms with van der Waals surface area (Å²) in [6.07, 6.45) is 8.13. The van der Waals surface area contributed by atoms with E-state index < -0.39 is 11.6 Å². The summed E-state index contributed by atoms with van der Waals surface area (Å²) in [5.74, 6) is -0.343. The molecule has 0 radical (unpaired) electrons. The molecule has 1 fully saturated rings. The monoisotopic (exact) mass is 397 g/mol. The molecule has 4 rings (SSSR count). The van der Waals surface area contributed by atoms with Crippen molar-refractivity contribution in [1.29, 1.82) is 0 Å². The van der Waals surface area contributed by atoms with Gasteiger partial charge in [0.2, 0.25) is 5.91 Å². The number of anilines is 1. The van der Waals surface area contributed by atoms with E-state index in [-0.39, 0.29) is 11.9 Å². The van der Waals surface area contributed by atoms with E-state index in [0.29, 0.717) is 29.1 Å². The number of benzene rings is 1. The Hall–Kier alpha value is -3.29. The van der Waals surface area contributed by atoms with Gasteiger partial charge in [-0.2, -0.15) is 5.10 Å². The normalized spacial score (nSPS) is 16.8. The van der Waals surface area contributed by atoms with Crippen LogP contribution in [0.4, 0.5) is 14.6 Å². The zero-order valence-corrected chi connectivity index (χ0v) is 16.2. The Morgan fingerprint density at radius 1 is 1.28 bits per heavy atom. The highest BCUT2D eigenvalue weighted by atomic mass is 19.1. The first-order chi connectivity index (χ1) is 13.9. The van der Waals surface area contributed by atoms with Crippen LogP contribution >= 0.6 is 0 Å². The average molecular weight is 397 g/mol. The Bertz CT molecular complexity index is 1090. The lowest BCUT2D eigenvalue weighted by Gasteiger charge is -2.26. The van der Waals surface area contributed by atoms with Gasteiger partial charge in [0.15, 0.2) is 5.65 Å². The average Bonchev–Trinajstić information content (AvgIpc) is 3.34. The van der Waals surface area contributed by atoms with Crippen LogP contribution < -0.4 is 4.90 Å². The van der Waals surface area contributed by atoms with Gasteiger partial charge < -0.3 is 9.80 Å². The summed E-state index contributed by atoms with van der Waals surface area (Å²) in [6.45, 7) is 0.697. The van der Waals surface area contributed by atoms with Crippen molar-refractivity contribution in [3.8, 4) is 0 Å². The summed E-state index contributed by atoms with van der Waals surface area (Å²) in [6, 6.07) is 5.09. The van der Waals surface area contributed by atoms with Crippen molar-refractivity contribution in [2.24, 2.45) is 0 Å². The van der Waals surface area contributed by atoms with Crippen LogP contribution in [0.2, 0.25) is 0 Å². The molecular formula is C21H21F2N5O. The molecule has 0 N–H and O–H groups in total. The number of carbonyl (C=O) groups excluding carboxylic acids is 1. The highest BCUT2D eigenvalue weighted by Crippen LogP contribution is 2.36. The topological polar surface area (TPSA) is 53.7 Å². The smallest absolute Gasteiger partial charge is 0.246 e. The minimum atomic E-state index is -0.453. The van der Waals surface area contributed by atoms with Gasteiger partial charge in [-0.1, -0.05) is 0 Å². The second-order valence-electron chi connectivity index (χ2n) is 7.24. The molecule has 150 valence electrons. The third-order valence-electron chi connectivity index (χ3n) is 5.09. The molecule has 8 heteroatoms. The first-order valence-electron chi connectivity index (χ1n) is 9.39. The van der Waals surface area contributed by atoms with Gasteiger partial charge in [-0.25, -0.2) is 18.3 Å². The SMILES string of the molecule is CN(C)C(=O)C=Cc1cnn2ccc(N3CCCC3c3cc(F)ccc3F)nc12. The van der Waals surface area contributed by atoms with Gasteiger partial charge >= 0.3 is 0 Å². The second-order valence-corrected chi connectivity index (χ2v) is 7.24. The number of aromatic nitrogens is 3. The third-order valence-corrected chi connectivity index (χ3v) is 5.09.